The molecule has 0 heterocycles. The summed E-state index contributed by atoms with van der Waals surface area (Å²) in [7, 11) is 0. The molecule has 1 saturated carbocycles. The van der Waals surface area contributed by atoms with Crippen LogP contribution in [-0.4, -0.2) is 18.6 Å². The fraction of sp³-hybridized carbons (Fsp3) is 0.625. The summed E-state index contributed by atoms with van der Waals surface area (Å²) >= 11 is 1.92. The molecule has 18 heavy (non-hydrogen) atoms. The summed E-state index contributed by atoms with van der Waals surface area (Å²) < 4.78 is 0. The lowest BCUT2D eigenvalue weighted by Gasteiger charge is -2.26. The third-order valence-corrected chi connectivity index (χ3v) is 4.56. The predicted octanol–water partition coefficient (Wildman–Crippen LogP) is 4.36. The molecule has 0 aromatic heterocycles. The highest BCUT2D eigenvalue weighted by atomic mass is 32.2. The van der Waals surface area contributed by atoms with Gasteiger partial charge in [0.2, 0.25) is 0 Å². The highest BCUT2D eigenvalue weighted by Crippen LogP contribution is 2.36. The molecule has 100 valence electrons. The zero-order chi connectivity index (χ0) is 12.8. The Morgan fingerprint density at radius 3 is 2.50 bits per heavy atom. The molecular weight excluding hydrogens is 238 g/mol. The van der Waals surface area contributed by atoms with Crippen LogP contribution in [0.4, 0.5) is 0 Å². The van der Waals surface area contributed by atoms with E-state index in [2.05, 4.69) is 42.8 Å². The average molecular weight is 263 g/mol. The van der Waals surface area contributed by atoms with E-state index in [-0.39, 0.29) is 0 Å². The first-order chi connectivity index (χ1) is 8.85. The van der Waals surface area contributed by atoms with Crippen LogP contribution in [0, 0.1) is 0 Å². The molecular formula is C16H25NS. The number of hydrogen-bond donors (Lipinski definition) is 1. The van der Waals surface area contributed by atoms with Crippen LogP contribution in [0.15, 0.2) is 24.3 Å². The van der Waals surface area contributed by atoms with Gasteiger partial charge in [0.1, 0.15) is 0 Å². The summed E-state index contributed by atoms with van der Waals surface area (Å²) in [6.45, 7) is 3.33. The Morgan fingerprint density at radius 1 is 1.28 bits per heavy atom. The SMILES string of the molecule is CCCNC(CSC)c1ccc(C2CCC2)cc1. The molecule has 2 rings (SSSR count). The molecule has 1 aliphatic carbocycles. The topological polar surface area (TPSA) is 12.0 Å². The molecule has 0 bridgehead atoms. The Hall–Kier alpha value is -0.470. The highest BCUT2D eigenvalue weighted by Gasteiger charge is 2.19. The molecule has 0 spiro atoms. The summed E-state index contributed by atoms with van der Waals surface area (Å²) in [4.78, 5) is 0. The number of nitrogens with one attached hydrogen (secondary N) is 1. The average Bonchev–Trinajstić information content (AvgIpc) is 2.33. The van der Waals surface area contributed by atoms with Crippen molar-refractivity contribution in [2.24, 2.45) is 0 Å². The van der Waals surface area contributed by atoms with E-state index in [1.165, 1.54) is 31.2 Å². The van der Waals surface area contributed by atoms with E-state index in [1.54, 1.807) is 5.56 Å². The van der Waals surface area contributed by atoms with Crippen molar-refractivity contribution in [1.82, 2.24) is 5.32 Å². The molecule has 2 heteroatoms. The maximum Gasteiger partial charge on any atom is 0.0411 e. The Balaban J connectivity index is 1.99. The second-order valence-electron chi connectivity index (χ2n) is 5.26. The van der Waals surface area contributed by atoms with Gasteiger partial charge >= 0.3 is 0 Å². The second-order valence-corrected chi connectivity index (χ2v) is 6.17. The first kappa shape index (κ1) is 14.0. The predicted molar refractivity (Wildman–Crippen MR) is 82.5 cm³/mol. The van der Waals surface area contributed by atoms with Gasteiger partial charge in [0, 0.05) is 11.8 Å². The van der Waals surface area contributed by atoms with E-state index < -0.39 is 0 Å². The van der Waals surface area contributed by atoms with Gasteiger partial charge in [-0.05, 0) is 49.1 Å². The number of rotatable bonds is 7. The van der Waals surface area contributed by atoms with Crippen LogP contribution < -0.4 is 5.32 Å². The Bertz CT molecular complexity index is 343. The molecule has 0 saturated heterocycles. The van der Waals surface area contributed by atoms with Gasteiger partial charge in [-0.2, -0.15) is 11.8 Å². The van der Waals surface area contributed by atoms with Gasteiger partial charge in [0.25, 0.3) is 0 Å². The molecule has 1 unspecified atom stereocenters. The summed E-state index contributed by atoms with van der Waals surface area (Å²) in [5.41, 5.74) is 2.99. The molecule has 1 N–H and O–H groups in total. The quantitative estimate of drug-likeness (QED) is 0.784. The van der Waals surface area contributed by atoms with E-state index in [0.717, 1.165) is 18.2 Å². The third-order valence-electron chi connectivity index (χ3n) is 3.89. The number of hydrogen-bond acceptors (Lipinski definition) is 2. The normalized spacial score (nSPS) is 17.4. The molecule has 1 nitrogen and oxygen atoms in total. The molecule has 1 fully saturated rings. The first-order valence-electron chi connectivity index (χ1n) is 7.17. The van der Waals surface area contributed by atoms with E-state index in [1.807, 2.05) is 11.8 Å². The van der Waals surface area contributed by atoms with Gasteiger partial charge < -0.3 is 5.32 Å². The van der Waals surface area contributed by atoms with Crippen LogP contribution in [0.2, 0.25) is 0 Å². The summed E-state index contributed by atoms with van der Waals surface area (Å²) in [5, 5.41) is 3.64. The Labute approximate surface area is 116 Å². The molecule has 0 aliphatic heterocycles. The zero-order valence-electron chi connectivity index (χ0n) is 11.6. The maximum atomic E-state index is 3.64. The minimum Gasteiger partial charge on any atom is -0.309 e. The van der Waals surface area contributed by atoms with E-state index >= 15 is 0 Å². The highest BCUT2D eigenvalue weighted by molar-refractivity contribution is 7.98. The van der Waals surface area contributed by atoms with Crippen LogP contribution in [0.25, 0.3) is 0 Å². The van der Waals surface area contributed by atoms with Crippen molar-refractivity contribution < 1.29 is 0 Å². The fourth-order valence-electron chi connectivity index (χ4n) is 2.50. The van der Waals surface area contributed by atoms with Crippen molar-refractivity contribution in [2.45, 2.75) is 44.6 Å². The van der Waals surface area contributed by atoms with E-state index in [4.69, 9.17) is 0 Å². The standard InChI is InChI=1S/C16H25NS/c1-3-11-17-16(12-18-2)15-9-7-14(8-10-15)13-5-4-6-13/h7-10,13,16-17H,3-6,11-12H2,1-2H3. The Morgan fingerprint density at radius 2 is 2.00 bits per heavy atom. The summed E-state index contributed by atoms with van der Waals surface area (Å²) in [6.07, 6.45) is 7.58. The summed E-state index contributed by atoms with van der Waals surface area (Å²) in [5.74, 6) is 2.00. The van der Waals surface area contributed by atoms with Crippen molar-refractivity contribution >= 4 is 11.8 Å². The van der Waals surface area contributed by atoms with Gasteiger partial charge in [-0.3, -0.25) is 0 Å². The number of benzene rings is 1. The minimum absolute atomic E-state index is 0.510. The van der Waals surface area contributed by atoms with Crippen molar-refractivity contribution in [1.29, 1.82) is 0 Å². The van der Waals surface area contributed by atoms with Crippen LogP contribution in [-0.2, 0) is 0 Å². The van der Waals surface area contributed by atoms with Crippen LogP contribution in [0.1, 0.15) is 55.7 Å². The molecule has 1 atom stereocenters. The van der Waals surface area contributed by atoms with E-state index in [0.29, 0.717) is 6.04 Å². The monoisotopic (exact) mass is 263 g/mol. The molecule has 0 amide bonds. The zero-order valence-corrected chi connectivity index (χ0v) is 12.4. The fourth-order valence-corrected chi connectivity index (χ4v) is 3.14. The van der Waals surface area contributed by atoms with Gasteiger partial charge in [-0.15, -0.1) is 0 Å². The maximum absolute atomic E-state index is 3.64. The van der Waals surface area contributed by atoms with Crippen LogP contribution in [0.5, 0.6) is 0 Å². The van der Waals surface area contributed by atoms with Crippen LogP contribution in [0.3, 0.4) is 0 Å². The van der Waals surface area contributed by atoms with Gasteiger partial charge in [-0.1, -0.05) is 37.6 Å². The lowest BCUT2D eigenvalue weighted by molar-refractivity contribution is 0.419. The smallest absolute Gasteiger partial charge is 0.0411 e. The Kier molecular flexibility index (Phi) is 5.58. The van der Waals surface area contributed by atoms with Crippen molar-refractivity contribution in [3.05, 3.63) is 35.4 Å². The van der Waals surface area contributed by atoms with Crippen molar-refractivity contribution in [3.8, 4) is 0 Å². The first-order valence-corrected chi connectivity index (χ1v) is 8.56. The van der Waals surface area contributed by atoms with Gasteiger partial charge in [-0.25, -0.2) is 0 Å². The van der Waals surface area contributed by atoms with Crippen molar-refractivity contribution in [3.63, 3.8) is 0 Å². The lowest BCUT2D eigenvalue weighted by atomic mass is 9.80. The van der Waals surface area contributed by atoms with Crippen molar-refractivity contribution in [2.75, 3.05) is 18.6 Å². The van der Waals surface area contributed by atoms with E-state index in [9.17, 15) is 0 Å². The minimum atomic E-state index is 0.510. The second kappa shape index (κ2) is 7.20. The summed E-state index contributed by atoms with van der Waals surface area (Å²) in [6, 6.07) is 9.87. The van der Waals surface area contributed by atoms with Gasteiger partial charge in [0.05, 0.1) is 0 Å². The number of thioether (sulfide) groups is 1. The molecule has 1 aliphatic rings. The van der Waals surface area contributed by atoms with Gasteiger partial charge in [0.15, 0.2) is 0 Å². The largest absolute Gasteiger partial charge is 0.309 e. The third kappa shape index (κ3) is 3.52. The van der Waals surface area contributed by atoms with Crippen LogP contribution >= 0.6 is 11.8 Å². The molecule has 1 aromatic rings. The molecule has 0 radical (unpaired) electrons. The molecule has 1 aromatic carbocycles. The lowest BCUT2D eigenvalue weighted by Crippen LogP contribution is -2.24.